The van der Waals surface area contributed by atoms with Crippen molar-refractivity contribution < 1.29 is 14.4 Å². The van der Waals surface area contributed by atoms with E-state index in [4.69, 9.17) is 5.73 Å². The van der Waals surface area contributed by atoms with E-state index in [2.05, 4.69) is 34.5 Å². The Bertz CT molecular complexity index is 1110. The van der Waals surface area contributed by atoms with E-state index in [9.17, 15) is 14.4 Å². The van der Waals surface area contributed by atoms with Crippen LogP contribution >= 0.6 is 0 Å². The number of piperidine rings is 1. The van der Waals surface area contributed by atoms with Crippen molar-refractivity contribution in [2.75, 3.05) is 18.0 Å². The minimum atomic E-state index is -0.577. The van der Waals surface area contributed by atoms with Gasteiger partial charge in [0.2, 0.25) is 11.8 Å². The van der Waals surface area contributed by atoms with Crippen LogP contribution in [-0.4, -0.2) is 41.8 Å². The van der Waals surface area contributed by atoms with Crippen LogP contribution in [0.5, 0.6) is 0 Å². The van der Waals surface area contributed by atoms with Crippen molar-refractivity contribution in [3.8, 4) is 0 Å². The van der Waals surface area contributed by atoms with E-state index in [0.29, 0.717) is 25.1 Å². The molecule has 3 heterocycles. The molecule has 0 saturated carbocycles. The van der Waals surface area contributed by atoms with Gasteiger partial charge in [0.15, 0.2) is 0 Å². The molecule has 1 saturated heterocycles. The molecule has 0 aliphatic carbocycles. The Hall–Kier alpha value is -3.19. The molecule has 1 unspecified atom stereocenters. The number of benzene rings is 2. The third-order valence-corrected chi connectivity index (χ3v) is 7.00. The fourth-order valence-electron chi connectivity index (χ4n) is 5.24. The lowest BCUT2D eigenvalue weighted by Crippen LogP contribution is -2.52. The number of fused-ring (bicyclic) bond motifs is 2. The van der Waals surface area contributed by atoms with Crippen LogP contribution in [-0.2, 0) is 35.5 Å². The smallest absolute Gasteiger partial charge is 0.255 e. The summed E-state index contributed by atoms with van der Waals surface area (Å²) >= 11 is 0. The highest BCUT2D eigenvalue weighted by Gasteiger charge is 2.39. The van der Waals surface area contributed by atoms with Gasteiger partial charge in [-0.1, -0.05) is 24.3 Å². The Morgan fingerprint density at radius 2 is 1.82 bits per heavy atom. The molecule has 0 bridgehead atoms. The highest BCUT2D eigenvalue weighted by Crippen LogP contribution is 2.32. The maximum atomic E-state index is 13.1. The topological polar surface area (TPSA) is 95.7 Å². The van der Waals surface area contributed by atoms with Crippen molar-refractivity contribution in [3.63, 3.8) is 0 Å². The molecule has 5 rings (SSSR count). The zero-order chi connectivity index (χ0) is 22.9. The lowest BCUT2D eigenvalue weighted by atomic mass is 9.97. The molecule has 0 radical (unpaired) electrons. The zero-order valence-corrected chi connectivity index (χ0v) is 18.8. The number of hydrogen-bond acceptors (Lipinski definition) is 5. The largest absolute Gasteiger partial charge is 0.367 e. The minimum Gasteiger partial charge on any atom is -0.367 e. The summed E-state index contributed by atoms with van der Waals surface area (Å²) in [4.78, 5) is 40.9. The second-order valence-electron chi connectivity index (χ2n) is 9.27. The first kappa shape index (κ1) is 21.6. The molecule has 3 aliphatic heterocycles. The molecule has 7 nitrogen and oxygen atoms in total. The number of hydrogen-bond donors (Lipinski definition) is 2. The van der Waals surface area contributed by atoms with Gasteiger partial charge in [-0.25, -0.2) is 0 Å². The molecule has 1 fully saturated rings. The minimum absolute atomic E-state index is 0.121. The van der Waals surface area contributed by atoms with Gasteiger partial charge < -0.3 is 15.5 Å². The van der Waals surface area contributed by atoms with Crippen molar-refractivity contribution in [2.24, 2.45) is 5.73 Å². The van der Waals surface area contributed by atoms with Crippen LogP contribution < -0.4 is 16.0 Å². The molecule has 1 atom stereocenters. The number of rotatable bonds is 6. The van der Waals surface area contributed by atoms with Gasteiger partial charge >= 0.3 is 0 Å². The molecule has 172 valence electrons. The molecule has 7 heteroatoms. The molecular weight excluding hydrogens is 416 g/mol. The number of imide groups is 1. The molecule has 0 spiro atoms. The number of nitrogens with one attached hydrogen (secondary N) is 1. The Balaban J connectivity index is 1.34. The summed E-state index contributed by atoms with van der Waals surface area (Å²) in [6.45, 7) is 2.84. The van der Waals surface area contributed by atoms with Gasteiger partial charge in [-0.05, 0) is 73.0 Å². The predicted octanol–water partition coefficient (Wildman–Crippen LogP) is 2.29. The summed E-state index contributed by atoms with van der Waals surface area (Å²) < 4.78 is 0. The summed E-state index contributed by atoms with van der Waals surface area (Å²) in [7, 11) is 0. The second kappa shape index (κ2) is 8.98. The number of carbonyl (C=O) groups is 3. The maximum Gasteiger partial charge on any atom is 0.255 e. The van der Waals surface area contributed by atoms with Crippen LogP contribution in [0.2, 0.25) is 0 Å². The van der Waals surface area contributed by atoms with Crippen molar-refractivity contribution in [1.29, 1.82) is 0 Å². The Labute approximate surface area is 193 Å². The Kier molecular flexibility index (Phi) is 5.89. The van der Waals surface area contributed by atoms with Crippen molar-refractivity contribution in [2.45, 2.75) is 57.7 Å². The number of nitrogens with zero attached hydrogens (tertiary/aromatic N) is 2. The van der Waals surface area contributed by atoms with Gasteiger partial charge in [0.05, 0.1) is 0 Å². The van der Waals surface area contributed by atoms with Crippen molar-refractivity contribution in [3.05, 3.63) is 64.2 Å². The van der Waals surface area contributed by atoms with E-state index in [1.54, 1.807) is 4.90 Å². The van der Waals surface area contributed by atoms with Crippen LogP contribution in [0.1, 0.15) is 58.3 Å². The highest BCUT2D eigenvalue weighted by atomic mass is 16.2. The molecule has 3 N–H and O–H groups in total. The number of anilines is 1. The average Bonchev–Trinajstić information content (AvgIpc) is 3.13. The first-order valence-corrected chi connectivity index (χ1v) is 11.9. The standard InChI is InChI=1S/C26H30N4O3/c27-11-1-3-17-5-7-19-4-2-12-29(23(19)14-17)15-18-6-8-20-16-30(26(33)21(20)13-18)22-9-10-24(31)28-25(22)32/h5-8,13-14,22H,1-4,9-12,15-16,27H2,(H,28,31,32). The summed E-state index contributed by atoms with van der Waals surface area (Å²) in [5.74, 6) is -0.761. The number of aryl methyl sites for hydroxylation is 2. The normalized spacial score (nSPS) is 20.0. The van der Waals surface area contributed by atoms with Gasteiger partial charge in [0.1, 0.15) is 6.04 Å². The van der Waals surface area contributed by atoms with Gasteiger partial charge in [-0.2, -0.15) is 0 Å². The van der Waals surface area contributed by atoms with Crippen LogP contribution in [0, 0.1) is 0 Å². The third-order valence-electron chi connectivity index (χ3n) is 7.00. The molecular formula is C26H30N4O3. The van der Waals surface area contributed by atoms with Crippen LogP contribution in [0.25, 0.3) is 0 Å². The molecule has 2 aromatic rings. The van der Waals surface area contributed by atoms with Gasteiger partial charge in [0, 0.05) is 37.3 Å². The predicted molar refractivity (Wildman–Crippen MR) is 126 cm³/mol. The lowest BCUT2D eigenvalue weighted by molar-refractivity contribution is -0.136. The summed E-state index contributed by atoms with van der Waals surface area (Å²) in [5, 5.41) is 2.36. The molecule has 2 aromatic carbocycles. The fraction of sp³-hybridized carbons (Fsp3) is 0.423. The van der Waals surface area contributed by atoms with Gasteiger partial charge in [0.25, 0.3) is 5.91 Å². The van der Waals surface area contributed by atoms with E-state index >= 15 is 0 Å². The van der Waals surface area contributed by atoms with E-state index in [0.717, 1.165) is 49.9 Å². The lowest BCUT2D eigenvalue weighted by Gasteiger charge is -2.32. The zero-order valence-electron chi connectivity index (χ0n) is 18.8. The first-order valence-electron chi connectivity index (χ1n) is 11.9. The SMILES string of the molecule is NCCCc1ccc2c(c1)N(Cc1ccc3c(c1)C(=O)N(C1CCC(=O)NC1=O)C3)CCC2. The van der Waals surface area contributed by atoms with E-state index in [1.807, 2.05) is 12.1 Å². The summed E-state index contributed by atoms with van der Waals surface area (Å²) in [6.07, 6.45) is 4.82. The first-order chi connectivity index (χ1) is 16.0. The Morgan fingerprint density at radius 3 is 2.64 bits per heavy atom. The fourth-order valence-corrected chi connectivity index (χ4v) is 5.24. The monoisotopic (exact) mass is 446 g/mol. The van der Waals surface area contributed by atoms with Crippen molar-refractivity contribution in [1.82, 2.24) is 10.2 Å². The molecule has 33 heavy (non-hydrogen) atoms. The molecule has 0 aromatic heterocycles. The quantitative estimate of drug-likeness (QED) is 0.664. The average molecular weight is 447 g/mol. The van der Waals surface area contributed by atoms with Crippen molar-refractivity contribution >= 4 is 23.4 Å². The van der Waals surface area contributed by atoms with E-state index in [-0.39, 0.29) is 24.1 Å². The number of carbonyl (C=O) groups excluding carboxylic acids is 3. The van der Waals surface area contributed by atoms with E-state index in [1.165, 1.54) is 16.8 Å². The Morgan fingerprint density at radius 1 is 1.00 bits per heavy atom. The van der Waals surface area contributed by atoms with Crippen LogP contribution in [0.15, 0.2) is 36.4 Å². The third kappa shape index (κ3) is 4.25. The second-order valence-corrected chi connectivity index (χ2v) is 9.27. The molecule has 3 amide bonds. The van der Waals surface area contributed by atoms with Crippen LogP contribution in [0.4, 0.5) is 5.69 Å². The summed E-state index contributed by atoms with van der Waals surface area (Å²) in [6, 6.07) is 12.3. The van der Waals surface area contributed by atoms with Gasteiger partial charge in [-0.15, -0.1) is 0 Å². The number of amides is 3. The van der Waals surface area contributed by atoms with E-state index < -0.39 is 6.04 Å². The van der Waals surface area contributed by atoms with Gasteiger partial charge in [-0.3, -0.25) is 19.7 Å². The molecule has 3 aliphatic rings. The number of nitrogens with two attached hydrogens (primary N) is 1. The maximum absolute atomic E-state index is 13.1. The van der Waals surface area contributed by atoms with Crippen LogP contribution in [0.3, 0.4) is 0 Å². The highest BCUT2D eigenvalue weighted by molar-refractivity contribution is 6.05. The summed E-state index contributed by atoms with van der Waals surface area (Å²) in [5.41, 5.74) is 12.4.